The smallest absolute Gasteiger partial charge is 0.191 e. The van der Waals surface area contributed by atoms with Gasteiger partial charge in [-0.15, -0.1) is 24.0 Å². The Hall–Kier alpha value is -0.120. The SMILES string of the molecule is CCNC(=NCC1(O)CCC1)NC1CCN(CCOC)CC1.I. The maximum absolute atomic E-state index is 10.2. The summed E-state index contributed by atoms with van der Waals surface area (Å²) >= 11 is 0. The number of rotatable bonds is 7. The molecule has 6 nitrogen and oxygen atoms in total. The average Bonchev–Trinajstić information content (AvgIpc) is 2.50. The highest BCUT2D eigenvalue weighted by molar-refractivity contribution is 14.0. The number of halogens is 1. The van der Waals surface area contributed by atoms with Gasteiger partial charge in [-0.2, -0.15) is 0 Å². The highest BCUT2D eigenvalue weighted by Crippen LogP contribution is 2.31. The van der Waals surface area contributed by atoms with Gasteiger partial charge in [0.15, 0.2) is 5.96 Å². The van der Waals surface area contributed by atoms with Crippen LogP contribution in [-0.2, 0) is 4.74 Å². The minimum absolute atomic E-state index is 0. The Labute approximate surface area is 157 Å². The van der Waals surface area contributed by atoms with Gasteiger partial charge in [-0.1, -0.05) is 0 Å². The summed E-state index contributed by atoms with van der Waals surface area (Å²) in [5.74, 6) is 0.846. The Balaban J connectivity index is 0.00000264. The van der Waals surface area contributed by atoms with E-state index in [4.69, 9.17) is 4.74 Å². The molecule has 0 spiro atoms. The van der Waals surface area contributed by atoms with Gasteiger partial charge in [0.25, 0.3) is 0 Å². The molecule has 2 aliphatic rings. The molecule has 23 heavy (non-hydrogen) atoms. The third-order valence-electron chi connectivity index (χ3n) is 4.70. The van der Waals surface area contributed by atoms with Crippen molar-refractivity contribution in [2.45, 2.75) is 50.7 Å². The third-order valence-corrected chi connectivity index (χ3v) is 4.70. The lowest BCUT2D eigenvalue weighted by molar-refractivity contribution is -0.0236. The Bertz CT molecular complexity index is 356. The molecule has 0 atom stereocenters. The monoisotopic (exact) mass is 440 g/mol. The van der Waals surface area contributed by atoms with Crippen LogP contribution in [0.25, 0.3) is 0 Å². The molecule has 1 aliphatic carbocycles. The number of piperidine rings is 1. The lowest BCUT2D eigenvalue weighted by atomic mass is 9.80. The summed E-state index contributed by atoms with van der Waals surface area (Å²) in [6, 6.07) is 0.465. The van der Waals surface area contributed by atoms with Gasteiger partial charge in [0, 0.05) is 39.3 Å². The summed E-state index contributed by atoms with van der Waals surface area (Å²) < 4.78 is 5.14. The number of hydrogen-bond donors (Lipinski definition) is 3. The minimum atomic E-state index is -0.550. The number of guanidine groups is 1. The van der Waals surface area contributed by atoms with E-state index in [-0.39, 0.29) is 24.0 Å². The van der Waals surface area contributed by atoms with Crippen molar-refractivity contribution in [2.24, 2.45) is 4.99 Å². The summed E-state index contributed by atoms with van der Waals surface area (Å²) in [6.45, 7) is 7.45. The molecule has 0 aromatic carbocycles. The van der Waals surface area contributed by atoms with Crippen LogP contribution in [0.2, 0.25) is 0 Å². The molecule has 1 saturated carbocycles. The zero-order valence-electron chi connectivity index (χ0n) is 14.5. The van der Waals surface area contributed by atoms with Crippen molar-refractivity contribution in [3.05, 3.63) is 0 Å². The van der Waals surface area contributed by atoms with Crippen LogP contribution in [-0.4, -0.2) is 74.0 Å². The molecular weight excluding hydrogens is 407 g/mol. The van der Waals surface area contributed by atoms with E-state index in [0.29, 0.717) is 12.6 Å². The van der Waals surface area contributed by atoms with Crippen molar-refractivity contribution in [3.8, 4) is 0 Å². The van der Waals surface area contributed by atoms with Gasteiger partial charge in [0.05, 0.1) is 18.8 Å². The van der Waals surface area contributed by atoms with E-state index in [1.54, 1.807) is 7.11 Å². The fourth-order valence-electron chi connectivity index (χ4n) is 3.00. The molecule has 1 aliphatic heterocycles. The predicted octanol–water partition coefficient (Wildman–Crippen LogP) is 1.19. The predicted molar refractivity (Wildman–Crippen MR) is 105 cm³/mol. The van der Waals surface area contributed by atoms with E-state index in [1.165, 1.54) is 0 Å². The molecule has 7 heteroatoms. The summed E-state index contributed by atoms with van der Waals surface area (Å²) in [4.78, 5) is 7.03. The highest BCUT2D eigenvalue weighted by atomic mass is 127. The first-order chi connectivity index (χ1) is 10.6. The maximum atomic E-state index is 10.2. The van der Waals surface area contributed by atoms with Crippen molar-refractivity contribution >= 4 is 29.9 Å². The quantitative estimate of drug-likeness (QED) is 0.315. The number of hydrogen-bond acceptors (Lipinski definition) is 4. The first kappa shape index (κ1) is 20.9. The first-order valence-corrected chi connectivity index (χ1v) is 8.64. The number of ether oxygens (including phenoxy) is 1. The molecular formula is C16H33IN4O2. The van der Waals surface area contributed by atoms with Crippen LogP contribution in [0.15, 0.2) is 4.99 Å². The second-order valence-corrected chi connectivity index (χ2v) is 6.53. The van der Waals surface area contributed by atoms with E-state index in [1.807, 2.05) is 0 Å². The van der Waals surface area contributed by atoms with Gasteiger partial charge >= 0.3 is 0 Å². The van der Waals surface area contributed by atoms with Crippen molar-refractivity contribution in [1.29, 1.82) is 0 Å². The Kier molecular flexibility index (Phi) is 9.72. The van der Waals surface area contributed by atoms with Gasteiger partial charge in [-0.3, -0.25) is 4.99 Å². The van der Waals surface area contributed by atoms with Gasteiger partial charge in [-0.25, -0.2) is 0 Å². The lowest BCUT2D eigenvalue weighted by Crippen LogP contribution is -2.50. The molecule has 0 radical (unpaired) electrons. The minimum Gasteiger partial charge on any atom is -0.388 e. The van der Waals surface area contributed by atoms with Crippen molar-refractivity contribution in [3.63, 3.8) is 0 Å². The van der Waals surface area contributed by atoms with Crippen LogP contribution < -0.4 is 10.6 Å². The van der Waals surface area contributed by atoms with Gasteiger partial charge < -0.3 is 25.4 Å². The fourth-order valence-corrected chi connectivity index (χ4v) is 3.00. The summed E-state index contributed by atoms with van der Waals surface area (Å²) in [5.41, 5.74) is -0.550. The molecule has 3 N–H and O–H groups in total. The van der Waals surface area contributed by atoms with Crippen LogP contribution in [0.4, 0.5) is 0 Å². The molecule has 2 fully saturated rings. The molecule has 1 saturated heterocycles. The fraction of sp³-hybridized carbons (Fsp3) is 0.938. The molecule has 2 rings (SSSR count). The Morgan fingerprint density at radius 2 is 2.04 bits per heavy atom. The average molecular weight is 440 g/mol. The summed E-state index contributed by atoms with van der Waals surface area (Å²) in [6.07, 6.45) is 5.13. The van der Waals surface area contributed by atoms with E-state index < -0.39 is 5.60 Å². The molecule has 0 aromatic heterocycles. The van der Waals surface area contributed by atoms with E-state index >= 15 is 0 Å². The number of likely N-dealkylation sites (tertiary alicyclic amines) is 1. The maximum Gasteiger partial charge on any atom is 0.191 e. The molecule has 0 amide bonds. The lowest BCUT2D eigenvalue weighted by Gasteiger charge is -2.36. The van der Waals surface area contributed by atoms with Crippen molar-refractivity contribution in [2.75, 3.05) is 46.4 Å². The van der Waals surface area contributed by atoms with Gasteiger partial charge in [-0.05, 0) is 39.0 Å². The molecule has 136 valence electrons. The zero-order valence-corrected chi connectivity index (χ0v) is 16.8. The van der Waals surface area contributed by atoms with Crippen LogP contribution in [0.1, 0.15) is 39.0 Å². The number of methoxy groups -OCH3 is 1. The summed E-state index contributed by atoms with van der Waals surface area (Å²) in [5, 5.41) is 17.0. The zero-order chi connectivity index (χ0) is 15.8. The summed E-state index contributed by atoms with van der Waals surface area (Å²) in [7, 11) is 1.75. The molecule has 0 aromatic rings. The second kappa shape index (κ2) is 10.7. The third kappa shape index (κ3) is 7.11. The first-order valence-electron chi connectivity index (χ1n) is 8.64. The topological polar surface area (TPSA) is 69.1 Å². The highest BCUT2D eigenvalue weighted by Gasteiger charge is 2.34. The number of aliphatic hydroxyl groups is 1. The normalized spacial score (nSPS) is 22.1. The Morgan fingerprint density at radius 3 is 2.57 bits per heavy atom. The molecule has 0 unspecified atom stereocenters. The Morgan fingerprint density at radius 1 is 1.35 bits per heavy atom. The van der Waals surface area contributed by atoms with Crippen molar-refractivity contribution < 1.29 is 9.84 Å². The van der Waals surface area contributed by atoms with Crippen LogP contribution >= 0.6 is 24.0 Å². The van der Waals surface area contributed by atoms with Gasteiger partial charge in [0.1, 0.15) is 0 Å². The number of nitrogens with zero attached hydrogens (tertiary/aromatic N) is 2. The van der Waals surface area contributed by atoms with E-state index in [0.717, 1.165) is 70.8 Å². The second-order valence-electron chi connectivity index (χ2n) is 6.53. The van der Waals surface area contributed by atoms with Gasteiger partial charge in [0.2, 0.25) is 0 Å². The number of aliphatic imine (C=N–C) groups is 1. The standard InChI is InChI=1S/C16H32N4O2.HI/c1-3-17-15(18-13-16(21)7-4-8-16)19-14-5-9-20(10-6-14)11-12-22-2;/h14,21H,3-13H2,1-2H3,(H2,17,18,19);1H. The van der Waals surface area contributed by atoms with Crippen molar-refractivity contribution in [1.82, 2.24) is 15.5 Å². The molecule has 0 bridgehead atoms. The van der Waals surface area contributed by atoms with Crippen LogP contribution in [0.3, 0.4) is 0 Å². The van der Waals surface area contributed by atoms with Crippen LogP contribution in [0.5, 0.6) is 0 Å². The largest absolute Gasteiger partial charge is 0.388 e. The van der Waals surface area contributed by atoms with Crippen LogP contribution in [0, 0.1) is 0 Å². The molecule has 1 heterocycles. The number of nitrogens with one attached hydrogen (secondary N) is 2. The van der Waals surface area contributed by atoms with E-state index in [9.17, 15) is 5.11 Å². The van der Waals surface area contributed by atoms with E-state index in [2.05, 4.69) is 27.4 Å².